The Bertz CT molecular complexity index is 1190. The molecule has 9 nitrogen and oxygen atoms in total. The van der Waals surface area contributed by atoms with Gasteiger partial charge in [0.15, 0.2) is 5.65 Å². The standard InChI is InChI=1S/C21H21FN6O3/c1-12-9-30-10-16-14-6-13(22)7-23-20(14)31-11-21(3-4-21)26-19(29)15-8-24-27-5-2-17(28(12)16)25-18(15)27/h2,5-8,12,16H,3-4,9-11H2,1H3,(H,26,29). The molecule has 1 amide bonds. The maximum absolute atomic E-state index is 14.2. The third-order valence-corrected chi connectivity index (χ3v) is 6.23. The lowest BCUT2D eigenvalue weighted by Crippen LogP contribution is -2.46. The lowest BCUT2D eigenvalue weighted by molar-refractivity contribution is 0.0689. The summed E-state index contributed by atoms with van der Waals surface area (Å²) >= 11 is 0. The van der Waals surface area contributed by atoms with Crippen molar-refractivity contribution >= 4 is 17.4 Å². The molecule has 1 saturated carbocycles. The van der Waals surface area contributed by atoms with Crippen LogP contribution in [0.25, 0.3) is 5.65 Å². The fourth-order valence-electron chi connectivity index (χ4n) is 4.38. The number of nitrogens with zero attached hydrogens (tertiary/aromatic N) is 5. The second-order valence-electron chi connectivity index (χ2n) is 8.49. The van der Waals surface area contributed by atoms with E-state index in [0.29, 0.717) is 41.7 Å². The largest absolute Gasteiger partial charge is 0.475 e. The van der Waals surface area contributed by atoms with Crippen molar-refractivity contribution in [3.8, 4) is 5.88 Å². The van der Waals surface area contributed by atoms with Crippen molar-refractivity contribution in [2.45, 2.75) is 37.4 Å². The van der Waals surface area contributed by atoms with E-state index in [1.807, 2.05) is 13.0 Å². The minimum atomic E-state index is -0.472. The lowest BCUT2D eigenvalue weighted by Gasteiger charge is -2.41. The number of morpholine rings is 1. The number of nitrogens with one attached hydrogen (secondary N) is 1. The molecule has 10 heteroatoms. The quantitative estimate of drug-likeness (QED) is 0.589. The first kappa shape index (κ1) is 18.5. The summed E-state index contributed by atoms with van der Waals surface area (Å²) < 4.78 is 27.7. The molecule has 2 unspecified atom stereocenters. The number of pyridine rings is 1. The van der Waals surface area contributed by atoms with Crippen molar-refractivity contribution < 1.29 is 18.7 Å². The minimum absolute atomic E-state index is 0.0371. The van der Waals surface area contributed by atoms with E-state index in [1.54, 1.807) is 10.7 Å². The molecule has 5 heterocycles. The maximum atomic E-state index is 14.2. The third-order valence-electron chi connectivity index (χ3n) is 6.23. The fraction of sp³-hybridized carbons (Fsp3) is 0.429. The Morgan fingerprint density at radius 2 is 2.16 bits per heavy atom. The minimum Gasteiger partial charge on any atom is -0.475 e. The first-order valence-corrected chi connectivity index (χ1v) is 10.3. The van der Waals surface area contributed by atoms with Crippen LogP contribution in [0, 0.1) is 5.82 Å². The van der Waals surface area contributed by atoms with Crippen LogP contribution in [0.2, 0.25) is 0 Å². The summed E-state index contributed by atoms with van der Waals surface area (Å²) in [5.74, 6) is 0.316. The monoisotopic (exact) mass is 424 g/mol. The summed E-state index contributed by atoms with van der Waals surface area (Å²) in [6.45, 7) is 3.11. The van der Waals surface area contributed by atoms with Gasteiger partial charge in [-0.2, -0.15) is 5.10 Å². The summed E-state index contributed by atoms with van der Waals surface area (Å²) in [5.41, 5.74) is 1.01. The van der Waals surface area contributed by atoms with Crippen molar-refractivity contribution in [1.82, 2.24) is 24.9 Å². The van der Waals surface area contributed by atoms with Crippen LogP contribution < -0.4 is 15.0 Å². The van der Waals surface area contributed by atoms with E-state index < -0.39 is 11.4 Å². The molecule has 3 aromatic heterocycles. The van der Waals surface area contributed by atoms with E-state index >= 15 is 0 Å². The zero-order valence-corrected chi connectivity index (χ0v) is 16.9. The second kappa shape index (κ2) is 6.61. The molecule has 3 aliphatic rings. The van der Waals surface area contributed by atoms with E-state index in [1.165, 1.54) is 12.3 Å². The number of halogens is 1. The highest BCUT2D eigenvalue weighted by Crippen LogP contribution is 2.40. The van der Waals surface area contributed by atoms with Crippen LogP contribution in [0.1, 0.15) is 41.7 Å². The van der Waals surface area contributed by atoms with Gasteiger partial charge in [-0.15, -0.1) is 0 Å². The molecule has 1 spiro atoms. The summed E-state index contributed by atoms with van der Waals surface area (Å²) in [6, 6.07) is 2.90. The Balaban J connectivity index is 1.56. The molecule has 1 N–H and O–H groups in total. The number of hydrogen-bond acceptors (Lipinski definition) is 7. The first-order chi connectivity index (χ1) is 15.0. The number of ether oxygens (including phenoxy) is 2. The Hall–Kier alpha value is -3.27. The average molecular weight is 424 g/mol. The van der Waals surface area contributed by atoms with Crippen LogP contribution in [-0.4, -0.2) is 56.9 Å². The Morgan fingerprint density at radius 1 is 1.29 bits per heavy atom. The zero-order valence-electron chi connectivity index (χ0n) is 16.9. The van der Waals surface area contributed by atoms with Crippen molar-refractivity contribution in [2.24, 2.45) is 0 Å². The number of rotatable bonds is 0. The number of hydrogen-bond donors (Lipinski definition) is 1. The van der Waals surface area contributed by atoms with Crippen LogP contribution in [0.5, 0.6) is 5.88 Å². The Morgan fingerprint density at radius 3 is 3.00 bits per heavy atom. The maximum Gasteiger partial charge on any atom is 0.257 e. The predicted molar refractivity (Wildman–Crippen MR) is 108 cm³/mol. The van der Waals surface area contributed by atoms with E-state index in [4.69, 9.17) is 14.5 Å². The van der Waals surface area contributed by atoms with Crippen LogP contribution in [0.3, 0.4) is 0 Å². The van der Waals surface area contributed by atoms with E-state index in [-0.39, 0.29) is 24.6 Å². The average Bonchev–Trinajstić information content (AvgIpc) is 3.38. The van der Waals surface area contributed by atoms with Gasteiger partial charge in [-0.3, -0.25) is 4.79 Å². The van der Waals surface area contributed by atoms with Crippen molar-refractivity contribution in [2.75, 3.05) is 24.7 Å². The highest BCUT2D eigenvalue weighted by molar-refractivity contribution is 6.00. The predicted octanol–water partition coefficient (Wildman–Crippen LogP) is 1.88. The molecule has 160 valence electrons. The number of amides is 1. The van der Waals surface area contributed by atoms with Crippen LogP contribution >= 0.6 is 0 Å². The molecular formula is C21H21FN6O3. The SMILES string of the molecule is CC1COCC2c3cc(F)cnc3OCC3(CC3)NC(=O)c3cnn4ccc(nc34)N12. The third kappa shape index (κ3) is 3.01. The fourth-order valence-corrected chi connectivity index (χ4v) is 4.38. The molecule has 3 aromatic rings. The first-order valence-electron chi connectivity index (χ1n) is 10.3. The van der Waals surface area contributed by atoms with Gasteiger partial charge in [0.05, 0.1) is 43.2 Å². The number of anilines is 1. The molecule has 2 aliphatic heterocycles. The van der Waals surface area contributed by atoms with Gasteiger partial charge >= 0.3 is 0 Å². The smallest absolute Gasteiger partial charge is 0.257 e. The zero-order chi connectivity index (χ0) is 21.2. The van der Waals surface area contributed by atoms with E-state index in [9.17, 15) is 9.18 Å². The van der Waals surface area contributed by atoms with Crippen molar-refractivity contribution in [3.63, 3.8) is 0 Å². The van der Waals surface area contributed by atoms with E-state index in [0.717, 1.165) is 19.0 Å². The number of carbonyl (C=O) groups excluding carboxylic acids is 1. The second-order valence-corrected chi connectivity index (χ2v) is 8.49. The molecule has 31 heavy (non-hydrogen) atoms. The molecule has 1 aliphatic carbocycles. The summed E-state index contributed by atoms with van der Waals surface area (Å²) in [5, 5.41) is 7.36. The molecule has 0 radical (unpaired) electrons. The van der Waals surface area contributed by atoms with Gasteiger partial charge in [-0.05, 0) is 31.9 Å². The van der Waals surface area contributed by atoms with Gasteiger partial charge in [-0.1, -0.05) is 0 Å². The Labute approximate surface area is 177 Å². The van der Waals surface area contributed by atoms with Crippen molar-refractivity contribution in [1.29, 1.82) is 0 Å². The molecular weight excluding hydrogens is 403 g/mol. The Kier molecular flexibility index (Phi) is 3.95. The van der Waals surface area contributed by atoms with Gasteiger partial charge in [0.25, 0.3) is 5.91 Å². The van der Waals surface area contributed by atoms with Gasteiger partial charge in [0, 0.05) is 11.8 Å². The van der Waals surface area contributed by atoms with Gasteiger partial charge in [0.2, 0.25) is 5.88 Å². The molecule has 2 atom stereocenters. The van der Waals surface area contributed by atoms with Crippen LogP contribution in [0.4, 0.5) is 10.2 Å². The highest BCUT2D eigenvalue weighted by Gasteiger charge is 2.46. The summed E-state index contributed by atoms with van der Waals surface area (Å²) in [4.78, 5) is 24.1. The molecule has 1 saturated heterocycles. The molecule has 2 fully saturated rings. The summed E-state index contributed by atoms with van der Waals surface area (Å²) in [7, 11) is 0. The topological polar surface area (TPSA) is 93.9 Å². The van der Waals surface area contributed by atoms with Gasteiger partial charge in [0.1, 0.15) is 23.8 Å². The highest BCUT2D eigenvalue weighted by atomic mass is 19.1. The molecule has 0 aromatic carbocycles. The van der Waals surface area contributed by atoms with E-state index in [2.05, 4.69) is 20.3 Å². The van der Waals surface area contributed by atoms with Crippen LogP contribution in [-0.2, 0) is 4.74 Å². The number of fused-ring (bicyclic) bond motifs is 5. The normalized spacial score (nSPS) is 24.5. The van der Waals surface area contributed by atoms with Gasteiger partial charge < -0.3 is 19.7 Å². The molecule has 6 rings (SSSR count). The van der Waals surface area contributed by atoms with Crippen molar-refractivity contribution in [3.05, 3.63) is 47.7 Å². The number of carbonyl (C=O) groups is 1. The molecule has 2 bridgehead atoms. The van der Waals surface area contributed by atoms with Crippen LogP contribution in [0.15, 0.2) is 30.7 Å². The van der Waals surface area contributed by atoms with Gasteiger partial charge in [-0.25, -0.2) is 18.9 Å². The lowest BCUT2D eigenvalue weighted by atomic mass is 10.0. The number of aromatic nitrogens is 4. The summed E-state index contributed by atoms with van der Waals surface area (Å²) in [6.07, 6.45) is 6.05.